The molecule has 0 aliphatic carbocycles. The van der Waals surface area contributed by atoms with E-state index in [4.69, 9.17) is 0 Å². The number of amides is 1. The lowest BCUT2D eigenvalue weighted by Gasteiger charge is -2.23. The Morgan fingerprint density at radius 2 is 2.15 bits per heavy atom. The van der Waals surface area contributed by atoms with Gasteiger partial charge in [0.05, 0.1) is 23.9 Å². The monoisotopic (exact) mass is 296 g/mol. The van der Waals surface area contributed by atoms with Crippen molar-refractivity contribution in [2.45, 2.75) is 33.7 Å². The molecule has 0 saturated carbocycles. The van der Waals surface area contributed by atoms with E-state index in [9.17, 15) is 14.7 Å². The molecule has 1 unspecified atom stereocenters. The molecule has 0 spiro atoms. The molecule has 6 heteroatoms. The first kappa shape index (κ1) is 15.0. The highest BCUT2D eigenvalue weighted by molar-refractivity contribution is 7.16. The lowest BCUT2D eigenvalue weighted by atomic mass is 10.0. The summed E-state index contributed by atoms with van der Waals surface area (Å²) in [6.45, 7) is 8.46. The minimum Gasteiger partial charge on any atom is -0.545 e. The molecule has 1 aromatic rings. The number of likely N-dealkylation sites (N-methyl/N-ethyl adjacent to an activating group) is 1. The molecule has 0 bridgehead atoms. The Balaban J connectivity index is 2.35. The van der Waals surface area contributed by atoms with Crippen LogP contribution in [0.4, 0.5) is 5.00 Å². The molecule has 2 N–H and O–H groups in total. The van der Waals surface area contributed by atoms with Crippen LogP contribution in [0.15, 0.2) is 0 Å². The first-order valence-electron chi connectivity index (χ1n) is 6.94. The Kier molecular flexibility index (Phi) is 4.45. The van der Waals surface area contributed by atoms with Crippen molar-refractivity contribution in [2.24, 2.45) is 5.92 Å². The average molecular weight is 296 g/mol. The highest BCUT2D eigenvalue weighted by atomic mass is 32.1. The summed E-state index contributed by atoms with van der Waals surface area (Å²) in [7, 11) is 0. The van der Waals surface area contributed by atoms with Gasteiger partial charge in [-0.3, -0.25) is 4.79 Å². The van der Waals surface area contributed by atoms with E-state index in [2.05, 4.69) is 12.2 Å². The predicted molar refractivity (Wildman–Crippen MR) is 75.9 cm³/mol. The topological polar surface area (TPSA) is 73.7 Å². The number of rotatable bonds is 4. The van der Waals surface area contributed by atoms with Crippen LogP contribution in [-0.4, -0.2) is 25.0 Å². The zero-order valence-electron chi connectivity index (χ0n) is 12.0. The molecule has 1 aliphatic heterocycles. The summed E-state index contributed by atoms with van der Waals surface area (Å²) in [6.07, 6.45) is 0.732. The summed E-state index contributed by atoms with van der Waals surface area (Å²) >= 11 is 1.38. The Labute approximate surface area is 122 Å². The lowest BCUT2D eigenvalue weighted by molar-refractivity contribution is -0.913. The number of nitrogens with one attached hydrogen (secondary N) is 2. The molecular formula is C14H20N2O3S. The molecule has 110 valence electrons. The Morgan fingerprint density at radius 3 is 2.70 bits per heavy atom. The van der Waals surface area contributed by atoms with Gasteiger partial charge in [0.1, 0.15) is 11.5 Å². The van der Waals surface area contributed by atoms with Crippen LogP contribution in [0.1, 0.15) is 41.6 Å². The summed E-state index contributed by atoms with van der Waals surface area (Å²) in [5, 5.41) is 14.6. The fourth-order valence-electron chi connectivity index (χ4n) is 2.40. The number of carbonyl (C=O) groups is 2. The summed E-state index contributed by atoms with van der Waals surface area (Å²) in [5.74, 6) is -1.53. The third kappa shape index (κ3) is 2.86. The van der Waals surface area contributed by atoms with Crippen molar-refractivity contribution in [3.05, 3.63) is 16.0 Å². The predicted octanol–water partition coefficient (Wildman–Crippen LogP) is -0.333. The molecule has 1 amide bonds. The minimum atomic E-state index is -1.19. The molecule has 1 aromatic heterocycles. The quantitative estimate of drug-likeness (QED) is 0.799. The third-order valence-electron chi connectivity index (χ3n) is 3.70. The number of carbonyl (C=O) groups excluding carboxylic acids is 2. The van der Waals surface area contributed by atoms with Crippen LogP contribution in [0.25, 0.3) is 0 Å². The van der Waals surface area contributed by atoms with Crippen molar-refractivity contribution in [3.8, 4) is 0 Å². The van der Waals surface area contributed by atoms with Crippen LogP contribution in [0.5, 0.6) is 0 Å². The number of carboxylic acid groups (broad SMARTS) is 1. The number of hydrogen-bond donors (Lipinski definition) is 2. The first-order chi connectivity index (χ1) is 9.43. The number of hydrogen-bond acceptors (Lipinski definition) is 4. The Bertz CT molecular complexity index is 537. The van der Waals surface area contributed by atoms with Crippen LogP contribution >= 0.6 is 11.3 Å². The van der Waals surface area contributed by atoms with E-state index >= 15 is 0 Å². The average Bonchev–Trinajstić information content (AvgIpc) is 2.75. The largest absolute Gasteiger partial charge is 0.545 e. The van der Waals surface area contributed by atoms with Gasteiger partial charge in [-0.15, -0.1) is 11.3 Å². The van der Waals surface area contributed by atoms with Gasteiger partial charge < -0.3 is 20.1 Å². The minimum absolute atomic E-state index is 0.161. The van der Waals surface area contributed by atoms with Crippen molar-refractivity contribution in [2.75, 3.05) is 18.4 Å². The molecule has 0 fully saturated rings. The van der Waals surface area contributed by atoms with Crippen molar-refractivity contribution >= 4 is 28.2 Å². The van der Waals surface area contributed by atoms with Gasteiger partial charge >= 0.3 is 0 Å². The molecular weight excluding hydrogens is 276 g/mol. The van der Waals surface area contributed by atoms with E-state index in [0.717, 1.165) is 36.5 Å². The molecule has 1 atom stereocenters. The van der Waals surface area contributed by atoms with Crippen molar-refractivity contribution in [1.82, 2.24) is 0 Å². The highest BCUT2D eigenvalue weighted by Gasteiger charge is 2.27. The maximum atomic E-state index is 11.8. The van der Waals surface area contributed by atoms with E-state index in [-0.39, 0.29) is 17.4 Å². The maximum absolute atomic E-state index is 11.8. The number of carboxylic acids is 1. The van der Waals surface area contributed by atoms with Crippen molar-refractivity contribution in [3.63, 3.8) is 0 Å². The molecule has 0 radical (unpaired) electrons. The van der Waals surface area contributed by atoms with Crippen LogP contribution in [-0.2, 0) is 17.8 Å². The first-order valence-corrected chi connectivity index (χ1v) is 7.76. The van der Waals surface area contributed by atoms with E-state index in [1.807, 2.05) is 0 Å². The van der Waals surface area contributed by atoms with Gasteiger partial charge in [0.25, 0.3) is 0 Å². The van der Waals surface area contributed by atoms with Crippen molar-refractivity contribution < 1.29 is 19.6 Å². The summed E-state index contributed by atoms with van der Waals surface area (Å²) in [6, 6.07) is 0. The molecule has 0 aromatic carbocycles. The Morgan fingerprint density at radius 1 is 1.45 bits per heavy atom. The maximum Gasteiger partial charge on any atom is 0.227 e. The molecule has 2 rings (SSSR count). The van der Waals surface area contributed by atoms with E-state index in [0.29, 0.717) is 5.00 Å². The fraction of sp³-hybridized carbons (Fsp3) is 0.571. The van der Waals surface area contributed by atoms with Crippen molar-refractivity contribution in [1.29, 1.82) is 0 Å². The molecule has 5 nitrogen and oxygen atoms in total. The smallest absolute Gasteiger partial charge is 0.227 e. The normalized spacial score (nSPS) is 17.9. The van der Waals surface area contributed by atoms with Crippen LogP contribution in [0.3, 0.4) is 0 Å². The number of thiophene rings is 1. The lowest BCUT2D eigenvalue weighted by Crippen LogP contribution is -3.11. The zero-order chi connectivity index (χ0) is 14.9. The SMILES string of the molecule is CC[NH+]1CCc2c(sc(NC(=O)C(C)C)c2C(=O)[O-])C1. The van der Waals surface area contributed by atoms with Crippen LogP contribution in [0, 0.1) is 5.92 Å². The van der Waals surface area contributed by atoms with E-state index < -0.39 is 5.97 Å². The van der Waals surface area contributed by atoms with Crippen LogP contribution < -0.4 is 15.3 Å². The molecule has 2 heterocycles. The molecule has 0 saturated heterocycles. The van der Waals surface area contributed by atoms with Gasteiger partial charge in [0.2, 0.25) is 5.91 Å². The number of aromatic carboxylic acids is 1. The number of fused-ring (bicyclic) bond motifs is 1. The van der Waals surface area contributed by atoms with E-state index in [1.165, 1.54) is 16.2 Å². The number of anilines is 1. The van der Waals surface area contributed by atoms with Gasteiger partial charge in [-0.2, -0.15) is 0 Å². The standard InChI is InChI=1S/C14H20N2O3S/c1-4-16-6-5-9-10(7-16)20-13(11(9)14(18)19)15-12(17)8(2)3/h8H,4-7H2,1-3H3,(H,15,17)(H,18,19). The zero-order valence-corrected chi connectivity index (χ0v) is 12.9. The third-order valence-corrected chi connectivity index (χ3v) is 4.84. The van der Waals surface area contributed by atoms with Gasteiger partial charge in [-0.25, -0.2) is 0 Å². The van der Waals surface area contributed by atoms with Crippen LogP contribution in [0.2, 0.25) is 0 Å². The van der Waals surface area contributed by atoms with Gasteiger partial charge in [0.15, 0.2) is 0 Å². The van der Waals surface area contributed by atoms with Gasteiger partial charge in [-0.05, 0) is 12.5 Å². The summed E-state index contributed by atoms with van der Waals surface area (Å²) < 4.78 is 0. The molecule has 20 heavy (non-hydrogen) atoms. The molecule has 1 aliphatic rings. The summed E-state index contributed by atoms with van der Waals surface area (Å²) in [4.78, 5) is 25.7. The van der Waals surface area contributed by atoms with Gasteiger partial charge in [0, 0.05) is 17.9 Å². The second-order valence-electron chi connectivity index (χ2n) is 5.42. The van der Waals surface area contributed by atoms with E-state index in [1.54, 1.807) is 13.8 Å². The fourth-order valence-corrected chi connectivity index (χ4v) is 3.71. The Hall–Kier alpha value is -1.40. The second-order valence-corrected chi connectivity index (χ2v) is 6.52. The highest BCUT2D eigenvalue weighted by Crippen LogP contribution is 2.34. The summed E-state index contributed by atoms with van der Waals surface area (Å²) in [5.41, 5.74) is 1.04. The second kappa shape index (κ2) is 5.93. The number of quaternary nitrogens is 1. The van der Waals surface area contributed by atoms with Gasteiger partial charge in [-0.1, -0.05) is 13.8 Å².